The fourth-order valence-corrected chi connectivity index (χ4v) is 5.50. The van der Waals surface area contributed by atoms with Crippen molar-refractivity contribution in [1.29, 1.82) is 0 Å². The summed E-state index contributed by atoms with van der Waals surface area (Å²) in [6.07, 6.45) is 0. The highest BCUT2D eigenvalue weighted by molar-refractivity contribution is 6.09. The van der Waals surface area contributed by atoms with Crippen molar-refractivity contribution >= 4 is 17.7 Å². The average Bonchev–Trinajstić information content (AvgIpc) is 2.94. The third-order valence-electron chi connectivity index (χ3n) is 6.79. The van der Waals surface area contributed by atoms with Gasteiger partial charge in [-0.3, -0.25) is 19.8 Å². The lowest BCUT2D eigenvalue weighted by atomic mass is 9.48. The van der Waals surface area contributed by atoms with Crippen molar-refractivity contribution in [1.82, 2.24) is 10.4 Å². The van der Waals surface area contributed by atoms with Crippen LogP contribution in [0.3, 0.4) is 0 Å². The number of imide groups is 1. The minimum Gasteiger partial charge on any atom is -0.273 e. The van der Waals surface area contributed by atoms with Crippen molar-refractivity contribution in [3.05, 3.63) is 70.8 Å². The maximum Gasteiger partial charge on any atom is 0.253 e. The maximum absolute atomic E-state index is 13.4. The first-order chi connectivity index (χ1) is 13.4. The summed E-state index contributed by atoms with van der Waals surface area (Å²) in [5, 5.41) is 0.987. The molecule has 0 aromatic heterocycles. The van der Waals surface area contributed by atoms with E-state index in [-0.39, 0.29) is 29.6 Å². The molecule has 0 radical (unpaired) electrons. The predicted molar refractivity (Wildman–Crippen MR) is 103 cm³/mol. The van der Waals surface area contributed by atoms with Gasteiger partial charge in [-0.1, -0.05) is 69.3 Å². The summed E-state index contributed by atoms with van der Waals surface area (Å²) in [6, 6.07) is 16.2. The van der Waals surface area contributed by atoms with E-state index in [1.54, 1.807) is 13.8 Å². The highest BCUT2D eigenvalue weighted by atomic mass is 16.2. The third-order valence-corrected chi connectivity index (χ3v) is 6.79. The number of nitrogens with zero attached hydrogens (tertiary/aromatic N) is 1. The van der Waals surface area contributed by atoms with Gasteiger partial charge in [-0.05, 0) is 22.3 Å². The van der Waals surface area contributed by atoms with E-state index >= 15 is 0 Å². The summed E-state index contributed by atoms with van der Waals surface area (Å²) in [5.74, 6) is -2.42. The van der Waals surface area contributed by atoms with E-state index in [9.17, 15) is 14.4 Å². The summed E-state index contributed by atoms with van der Waals surface area (Å²) in [7, 11) is 0. The Balaban J connectivity index is 1.71. The zero-order chi connectivity index (χ0) is 19.8. The molecule has 142 valence electrons. The molecule has 5 nitrogen and oxygen atoms in total. The van der Waals surface area contributed by atoms with Gasteiger partial charge in [0, 0.05) is 17.3 Å². The van der Waals surface area contributed by atoms with Crippen LogP contribution in [0.1, 0.15) is 48.9 Å². The molecule has 1 fully saturated rings. The Morgan fingerprint density at radius 3 is 2.04 bits per heavy atom. The highest BCUT2D eigenvalue weighted by Crippen LogP contribution is 2.63. The molecule has 0 unspecified atom stereocenters. The molecule has 2 bridgehead atoms. The first-order valence-corrected chi connectivity index (χ1v) is 9.74. The normalized spacial score (nSPS) is 29.6. The molecular weight excluding hydrogens is 352 g/mol. The van der Waals surface area contributed by atoms with Crippen LogP contribution >= 0.6 is 0 Å². The molecule has 1 heterocycles. The number of hydrogen-bond acceptors (Lipinski definition) is 3. The standard InChI is InChI=1S/C23H22N2O3/c1-12(2)20(26)24-25-21(27)18-17-13-8-4-6-10-15(13)23(3,19(18)22(25)28)16-11-7-5-9-14(16)17/h4-12,17-19H,1-3H3,(H,24,26)/t17?,18-,19+,23?/m0/s1. The van der Waals surface area contributed by atoms with Crippen molar-refractivity contribution in [2.75, 3.05) is 0 Å². The zero-order valence-electron chi connectivity index (χ0n) is 16.1. The maximum atomic E-state index is 13.4. The molecule has 1 N–H and O–H groups in total. The van der Waals surface area contributed by atoms with Gasteiger partial charge in [-0.25, -0.2) is 0 Å². The van der Waals surface area contributed by atoms with Gasteiger partial charge in [0.2, 0.25) is 5.91 Å². The van der Waals surface area contributed by atoms with Crippen LogP contribution in [0.5, 0.6) is 0 Å². The number of hydrazine groups is 1. The molecular formula is C23H22N2O3. The van der Waals surface area contributed by atoms with Gasteiger partial charge in [0.25, 0.3) is 11.8 Å². The van der Waals surface area contributed by atoms with Gasteiger partial charge in [-0.15, -0.1) is 0 Å². The molecule has 2 aromatic rings. The van der Waals surface area contributed by atoms with Crippen LogP contribution < -0.4 is 5.43 Å². The lowest BCUT2D eigenvalue weighted by Crippen LogP contribution is -2.52. The summed E-state index contributed by atoms with van der Waals surface area (Å²) < 4.78 is 0. The van der Waals surface area contributed by atoms with E-state index in [4.69, 9.17) is 0 Å². The Bertz CT molecular complexity index is 994. The number of rotatable bonds is 2. The lowest BCUT2D eigenvalue weighted by molar-refractivity contribution is -0.150. The first kappa shape index (κ1) is 17.2. The van der Waals surface area contributed by atoms with E-state index in [0.29, 0.717) is 0 Å². The van der Waals surface area contributed by atoms with E-state index in [1.165, 1.54) is 0 Å². The molecule has 1 saturated heterocycles. The number of carbonyl (C=O) groups excluding carboxylic acids is 3. The Labute approximate surface area is 163 Å². The molecule has 6 rings (SSSR count). The minimum atomic E-state index is -0.601. The zero-order valence-corrected chi connectivity index (χ0v) is 16.1. The number of nitrogens with one attached hydrogen (secondary N) is 1. The van der Waals surface area contributed by atoms with Crippen molar-refractivity contribution < 1.29 is 14.4 Å². The van der Waals surface area contributed by atoms with E-state index < -0.39 is 17.3 Å². The van der Waals surface area contributed by atoms with Crippen molar-refractivity contribution in [3.8, 4) is 0 Å². The highest BCUT2D eigenvalue weighted by Gasteiger charge is 2.66. The van der Waals surface area contributed by atoms with Crippen LogP contribution in [-0.4, -0.2) is 22.7 Å². The molecule has 3 aliphatic carbocycles. The van der Waals surface area contributed by atoms with Gasteiger partial charge in [0.15, 0.2) is 0 Å². The van der Waals surface area contributed by atoms with Crippen LogP contribution in [0.4, 0.5) is 0 Å². The Hall–Kier alpha value is -2.95. The van der Waals surface area contributed by atoms with Crippen molar-refractivity contribution in [2.45, 2.75) is 32.1 Å². The molecule has 1 aliphatic heterocycles. The van der Waals surface area contributed by atoms with Crippen LogP contribution in [0, 0.1) is 17.8 Å². The molecule has 4 aliphatic rings. The van der Waals surface area contributed by atoms with Gasteiger partial charge in [0.1, 0.15) is 0 Å². The lowest BCUT2D eigenvalue weighted by Gasteiger charge is -2.52. The van der Waals surface area contributed by atoms with Crippen LogP contribution in [-0.2, 0) is 19.8 Å². The van der Waals surface area contributed by atoms with Crippen molar-refractivity contribution in [3.63, 3.8) is 0 Å². The topological polar surface area (TPSA) is 66.5 Å². The van der Waals surface area contributed by atoms with E-state index in [0.717, 1.165) is 27.3 Å². The molecule has 28 heavy (non-hydrogen) atoms. The smallest absolute Gasteiger partial charge is 0.253 e. The second kappa shape index (κ2) is 5.53. The summed E-state index contributed by atoms with van der Waals surface area (Å²) in [5.41, 5.74) is 6.42. The van der Waals surface area contributed by atoms with Crippen LogP contribution in [0.25, 0.3) is 0 Å². The third kappa shape index (κ3) is 1.89. The van der Waals surface area contributed by atoms with Crippen molar-refractivity contribution in [2.24, 2.45) is 17.8 Å². The number of hydrogen-bond donors (Lipinski definition) is 1. The number of benzene rings is 2. The fraction of sp³-hybridized carbons (Fsp3) is 0.348. The Morgan fingerprint density at radius 1 is 0.964 bits per heavy atom. The largest absolute Gasteiger partial charge is 0.273 e. The fourth-order valence-electron chi connectivity index (χ4n) is 5.50. The molecule has 2 aromatic carbocycles. The van der Waals surface area contributed by atoms with E-state index in [1.807, 2.05) is 24.3 Å². The Morgan fingerprint density at radius 2 is 1.50 bits per heavy atom. The SMILES string of the molecule is CC(C)C(=O)NN1C(=O)[C@H]2C3c4ccccc4C(C)(c4ccccc43)[C@H]2C1=O. The average molecular weight is 374 g/mol. The van der Waals surface area contributed by atoms with Gasteiger partial charge in [0.05, 0.1) is 11.8 Å². The summed E-state index contributed by atoms with van der Waals surface area (Å²) >= 11 is 0. The molecule has 5 heteroatoms. The van der Waals surface area contributed by atoms with Crippen LogP contribution in [0.15, 0.2) is 48.5 Å². The molecule has 3 amide bonds. The molecule has 0 spiro atoms. The number of carbonyl (C=O) groups is 3. The molecule has 2 atom stereocenters. The van der Waals surface area contributed by atoms with Gasteiger partial charge >= 0.3 is 0 Å². The van der Waals surface area contributed by atoms with Gasteiger partial charge < -0.3 is 0 Å². The number of amides is 3. The summed E-state index contributed by atoms with van der Waals surface area (Å²) in [6.45, 7) is 5.55. The summed E-state index contributed by atoms with van der Waals surface area (Å²) in [4.78, 5) is 39.0. The monoisotopic (exact) mass is 374 g/mol. The second-order valence-electron chi connectivity index (χ2n) is 8.50. The quantitative estimate of drug-likeness (QED) is 0.822. The predicted octanol–water partition coefficient (Wildman–Crippen LogP) is 2.74. The second-order valence-corrected chi connectivity index (χ2v) is 8.50. The molecule has 0 saturated carbocycles. The van der Waals surface area contributed by atoms with Crippen LogP contribution in [0.2, 0.25) is 0 Å². The minimum absolute atomic E-state index is 0.170. The van der Waals surface area contributed by atoms with E-state index in [2.05, 4.69) is 36.6 Å². The Kier molecular flexibility index (Phi) is 3.39. The first-order valence-electron chi connectivity index (χ1n) is 9.74. The van der Waals surface area contributed by atoms with Gasteiger partial charge in [-0.2, -0.15) is 5.01 Å².